The van der Waals surface area contributed by atoms with Crippen molar-refractivity contribution in [2.75, 3.05) is 6.61 Å². The molecule has 5 aliphatic rings. The van der Waals surface area contributed by atoms with E-state index in [2.05, 4.69) is 70.9 Å². The highest BCUT2D eigenvalue weighted by atomic mass is 16.5. The molecule has 204 valence electrons. The van der Waals surface area contributed by atoms with Crippen molar-refractivity contribution in [3.63, 3.8) is 0 Å². The second-order valence-electron chi connectivity index (χ2n) is 15.8. The Bertz CT molecular complexity index is 1140. The second-order valence-corrected chi connectivity index (χ2v) is 15.8. The maximum absolute atomic E-state index is 13.7. The molecule has 1 aromatic heterocycles. The third kappa shape index (κ3) is 3.14. The zero-order valence-corrected chi connectivity index (χ0v) is 24.7. The number of allylic oxidation sites excluding steroid dienone is 2. The Morgan fingerprint density at radius 2 is 1.76 bits per heavy atom. The minimum Gasteiger partial charge on any atom is -0.466 e. The predicted octanol–water partition coefficient (Wildman–Crippen LogP) is 7.79. The number of H-pyrrole nitrogens is 1. The van der Waals surface area contributed by atoms with E-state index in [0.717, 1.165) is 44.9 Å². The number of carbonyl (C=O) groups excluding carboxylic acids is 1. The quantitative estimate of drug-likeness (QED) is 0.329. The molecule has 5 aliphatic carbocycles. The number of aromatic amines is 1. The molecule has 0 amide bonds. The molecule has 0 saturated heterocycles. The summed E-state index contributed by atoms with van der Waals surface area (Å²) in [5.41, 5.74) is 5.13. The van der Waals surface area contributed by atoms with Crippen molar-refractivity contribution in [1.82, 2.24) is 10.2 Å². The molecule has 6 rings (SSSR count). The fourth-order valence-corrected chi connectivity index (χ4v) is 11.3. The summed E-state index contributed by atoms with van der Waals surface area (Å²) in [5.74, 6) is 1.70. The van der Waals surface area contributed by atoms with E-state index in [1.54, 1.807) is 5.57 Å². The monoisotopic (exact) mass is 506 g/mol. The van der Waals surface area contributed by atoms with Crippen LogP contribution in [-0.4, -0.2) is 22.8 Å². The predicted molar refractivity (Wildman–Crippen MR) is 148 cm³/mol. The first-order valence-electron chi connectivity index (χ1n) is 15.2. The van der Waals surface area contributed by atoms with Gasteiger partial charge in [0.1, 0.15) is 0 Å². The van der Waals surface area contributed by atoms with Crippen LogP contribution >= 0.6 is 0 Å². The third-order valence-corrected chi connectivity index (χ3v) is 13.4. The number of carbonyl (C=O) groups is 1. The van der Waals surface area contributed by atoms with Gasteiger partial charge in [0.2, 0.25) is 0 Å². The number of aromatic nitrogens is 2. The summed E-state index contributed by atoms with van der Waals surface area (Å²) in [6.45, 7) is 20.1. The van der Waals surface area contributed by atoms with Crippen molar-refractivity contribution < 1.29 is 9.53 Å². The van der Waals surface area contributed by atoms with Crippen LogP contribution in [0.25, 0.3) is 0 Å². The summed E-state index contributed by atoms with van der Waals surface area (Å²) in [6.07, 6.45) is 14.9. The lowest BCUT2D eigenvalue weighted by molar-refractivity contribution is -0.181. The van der Waals surface area contributed by atoms with E-state index in [0.29, 0.717) is 24.4 Å². The first-order valence-corrected chi connectivity index (χ1v) is 15.2. The lowest BCUT2D eigenvalue weighted by Gasteiger charge is -2.70. The van der Waals surface area contributed by atoms with Crippen LogP contribution in [0.15, 0.2) is 17.8 Å². The summed E-state index contributed by atoms with van der Waals surface area (Å²) >= 11 is 0. The SMILES string of the molecule is CCOC(=O)[C@]12CCC(C)(C)C[C@H]1C1=CC[C@H]3[C@@]4(C)Cc5cn[nH]c5C(C)(C)[C@@H]4CC[C@@]3(C)[C@]1(C)CC2. The van der Waals surface area contributed by atoms with Gasteiger partial charge in [-0.05, 0) is 110 Å². The molecule has 3 fully saturated rings. The Kier molecular flexibility index (Phi) is 5.38. The van der Waals surface area contributed by atoms with Crippen LogP contribution in [-0.2, 0) is 21.4 Å². The number of esters is 1. The molecule has 0 spiro atoms. The molecule has 3 saturated carbocycles. The van der Waals surface area contributed by atoms with Crippen LogP contribution in [0.5, 0.6) is 0 Å². The summed E-state index contributed by atoms with van der Waals surface area (Å²) in [6, 6.07) is 0. The van der Waals surface area contributed by atoms with Crippen molar-refractivity contribution in [1.29, 1.82) is 0 Å². The standard InChI is InChI=1S/C33H50N2O2/c1-9-37-27(36)33-16-14-28(2,3)19-23(33)22-10-11-25-30(6)18-21-20-34-35-26(21)29(4,5)24(30)12-13-32(25,8)31(22,7)15-17-33/h10,20,23-25H,9,11-19H2,1-8H3,(H,34,35)/t23-,24-,25-,30-,31+,32+,33-/m0/s1. The Labute approximate surface area is 224 Å². The summed E-state index contributed by atoms with van der Waals surface area (Å²) < 4.78 is 5.81. The average molecular weight is 507 g/mol. The van der Waals surface area contributed by atoms with Crippen LogP contribution in [0.2, 0.25) is 0 Å². The number of nitrogens with zero attached hydrogens (tertiary/aromatic N) is 1. The van der Waals surface area contributed by atoms with Gasteiger partial charge in [0, 0.05) is 11.1 Å². The number of rotatable bonds is 2. The first-order chi connectivity index (χ1) is 17.3. The molecule has 0 radical (unpaired) electrons. The van der Waals surface area contributed by atoms with Crippen molar-refractivity contribution in [3.05, 3.63) is 29.1 Å². The molecule has 0 aromatic carbocycles. The fraction of sp³-hybridized carbons (Fsp3) is 0.818. The molecule has 1 heterocycles. The van der Waals surface area contributed by atoms with Gasteiger partial charge in [-0.3, -0.25) is 9.89 Å². The highest BCUT2D eigenvalue weighted by molar-refractivity contribution is 5.78. The highest BCUT2D eigenvalue weighted by Crippen LogP contribution is 2.75. The summed E-state index contributed by atoms with van der Waals surface area (Å²) in [4.78, 5) is 13.7. The van der Waals surface area contributed by atoms with Gasteiger partial charge in [0.15, 0.2) is 0 Å². The number of ether oxygens (including phenoxy) is 1. The largest absolute Gasteiger partial charge is 0.466 e. The van der Waals surface area contributed by atoms with E-state index in [-0.39, 0.29) is 38.5 Å². The topological polar surface area (TPSA) is 55.0 Å². The van der Waals surface area contributed by atoms with Crippen LogP contribution < -0.4 is 0 Å². The zero-order valence-electron chi connectivity index (χ0n) is 24.7. The number of hydrogen-bond acceptors (Lipinski definition) is 3. The fourth-order valence-electron chi connectivity index (χ4n) is 11.3. The van der Waals surface area contributed by atoms with Crippen molar-refractivity contribution in [3.8, 4) is 0 Å². The lowest BCUT2D eigenvalue weighted by Crippen LogP contribution is -2.64. The van der Waals surface area contributed by atoms with Gasteiger partial charge in [-0.2, -0.15) is 5.10 Å². The van der Waals surface area contributed by atoms with Gasteiger partial charge in [-0.25, -0.2) is 0 Å². The summed E-state index contributed by atoms with van der Waals surface area (Å²) in [5, 5.41) is 7.90. The summed E-state index contributed by atoms with van der Waals surface area (Å²) in [7, 11) is 0. The third-order valence-electron chi connectivity index (χ3n) is 13.4. The molecule has 0 unspecified atom stereocenters. The van der Waals surface area contributed by atoms with Gasteiger partial charge >= 0.3 is 5.97 Å². The molecule has 0 aliphatic heterocycles. The molecule has 1 aromatic rings. The van der Waals surface area contributed by atoms with Gasteiger partial charge in [-0.1, -0.05) is 60.1 Å². The van der Waals surface area contributed by atoms with E-state index < -0.39 is 0 Å². The Morgan fingerprint density at radius 3 is 2.49 bits per heavy atom. The minimum absolute atomic E-state index is 0.0860. The number of hydrogen-bond donors (Lipinski definition) is 1. The molecule has 1 N–H and O–H groups in total. The zero-order chi connectivity index (χ0) is 26.6. The Morgan fingerprint density at radius 1 is 1.03 bits per heavy atom. The van der Waals surface area contributed by atoms with Crippen molar-refractivity contribution >= 4 is 5.97 Å². The van der Waals surface area contributed by atoms with Gasteiger partial charge in [-0.15, -0.1) is 0 Å². The highest BCUT2D eigenvalue weighted by Gasteiger charge is 2.69. The van der Waals surface area contributed by atoms with E-state index in [9.17, 15) is 4.79 Å². The van der Waals surface area contributed by atoms with E-state index in [1.165, 1.54) is 24.1 Å². The average Bonchev–Trinajstić information content (AvgIpc) is 3.28. The van der Waals surface area contributed by atoms with Crippen LogP contribution in [0.1, 0.15) is 118 Å². The van der Waals surface area contributed by atoms with Crippen molar-refractivity contribution in [2.24, 2.45) is 44.8 Å². The van der Waals surface area contributed by atoms with Crippen LogP contribution in [0.4, 0.5) is 0 Å². The van der Waals surface area contributed by atoms with E-state index in [4.69, 9.17) is 4.74 Å². The van der Waals surface area contributed by atoms with Crippen molar-refractivity contribution in [2.45, 2.75) is 119 Å². The molecule has 4 heteroatoms. The number of fused-ring (bicyclic) bond motifs is 8. The van der Waals surface area contributed by atoms with Crippen LogP contribution in [0.3, 0.4) is 0 Å². The molecule has 37 heavy (non-hydrogen) atoms. The maximum Gasteiger partial charge on any atom is 0.312 e. The molecule has 4 nitrogen and oxygen atoms in total. The molecule has 7 atom stereocenters. The van der Waals surface area contributed by atoms with Gasteiger partial charge < -0.3 is 4.74 Å². The Hall–Kier alpha value is -1.58. The molecular formula is C33H50N2O2. The first kappa shape index (κ1) is 25.7. The minimum atomic E-state index is -0.320. The second kappa shape index (κ2) is 7.75. The van der Waals surface area contributed by atoms with E-state index in [1.807, 2.05) is 6.92 Å². The Balaban J connectivity index is 1.45. The maximum atomic E-state index is 13.7. The normalized spacial score (nSPS) is 45.3. The van der Waals surface area contributed by atoms with E-state index >= 15 is 0 Å². The molecular weight excluding hydrogens is 456 g/mol. The molecule has 0 bridgehead atoms. The van der Waals surface area contributed by atoms with Gasteiger partial charge in [0.25, 0.3) is 0 Å². The number of nitrogens with one attached hydrogen (secondary N) is 1. The lowest BCUT2D eigenvalue weighted by atomic mass is 9.33. The van der Waals surface area contributed by atoms with Crippen LogP contribution in [0, 0.1) is 44.8 Å². The van der Waals surface area contributed by atoms with Gasteiger partial charge in [0.05, 0.1) is 18.2 Å². The smallest absolute Gasteiger partial charge is 0.312 e.